The lowest BCUT2D eigenvalue weighted by molar-refractivity contribution is 0.324. The Bertz CT molecular complexity index is 961. The topological polar surface area (TPSA) is 90.1 Å². The van der Waals surface area contributed by atoms with Gasteiger partial charge in [0.2, 0.25) is 11.6 Å². The highest BCUT2D eigenvalue weighted by molar-refractivity contribution is 5.94. The molecule has 0 unspecified atom stereocenters. The molecule has 2 N–H and O–H groups in total. The molecule has 0 bridgehead atoms. The zero-order valence-electron chi connectivity index (χ0n) is 17.6. The first kappa shape index (κ1) is 21.0. The van der Waals surface area contributed by atoms with E-state index in [-0.39, 0.29) is 0 Å². The van der Waals surface area contributed by atoms with Crippen LogP contribution >= 0.6 is 0 Å². The third-order valence-electron chi connectivity index (χ3n) is 4.24. The number of anilines is 1. The van der Waals surface area contributed by atoms with Crippen molar-refractivity contribution >= 4 is 11.6 Å². The number of hydrogen-bond donors (Lipinski definition) is 2. The smallest absolute Gasteiger partial charge is 0.226 e. The summed E-state index contributed by atoms with van der Waals surface area (Å²) in [4.78, 5) is 9.11. The Morgan fingerprint density at radius 1 is 1.03 bits per heavy atom. The van der Waals surface area contributed by atoms with Gasteiger partial charge in [-0.2, -0.15) is 0 Å². The van der Waals surface area contributed by atoms with Gasteiger partial charge in [-0.25, -0.2) is 9.98 Å². The van der Waals surface area contributed by atoms with E-state index in [1.165, 1.54) is 0 Å². The molecule has 0 aliphatic rings. The highest BCUT2D eigenvalue weighted by Crippen LogP contribution is 2.39. The monoisotopic (exact) mass is 410 g/mol. The van der Waals surface area contributed by atoms with Crippen LogP contribution in [0, 0.1) is 0 Å². The molecular weight excluding hydrogens is 384 g/mol. The van der Waals surface area contributed by atoms with Crippen molar-refractivity contribution < 1.29 is 18.6 Å². The van der Waals surface area contributed by atoms with Crippen molar-refractivity contribution in [2.45, 2.75) is 13.5 Å². The number of hydrogen-bond acceptors (Lipinski definition) is 6. The lowest BCUT2D eigenvalue weighted by atomic mass is 10.2. The van der Waals surface area contributed by atoms with E-state index in [1.807, 2.05) is 49.4 Å². The number of nitrogens with zero attached hydrogens (tertiary/aromatic N) is 2. The Morgan fingerprint density at radius 3 is 2.33 bits per heavy atom. The van der Waals surface area contributed by atoms with Gasteiger partial charge in [-0.15, -0.1) is 0 Å². The van der Waals surface area contributed by atoms with Crippen LogP contribution < -0.4 is 24.8 Å². The van der Waals surface area contributed by atoms with E-state index in [0.717, 1.165) is 16.9 Å². The maximum absolute atomic E-state index is 5.58. The van der Waals surface area contributed by atoms with Crippen molar-refractivity contribution in [1.29, 1.82) is 0 Å². The largest absolute Gasteiger partial charge is 0.493 e. The average molecular weight is 410 g/mol. The van der Waals surface area contributed by atoms with Crippen LogP contribution in [-0.4, -0.2) is 38.8 Å². The fourth-order valence-electron chi connectivity index (χ4n) is 2.85. The molecule has 0 saturated carbocycles. The quantitative estimate of drug-likeness (QED) is 0.429. The molecule has 158 valence electrons. The molecular formula is C22H26N4O4. The predicted octanol–water partition coefficient (Wildman–Crippen LogP) is 3.95. The fraction of sp³-hybridized carbons (Fsp3) is 0.273. The summed E-state index contributed by atoms with van der Waals surface area (Å²) >= 11 is 0. The third-order valence-corrected chi connectivity index (χ3v) is 4.24. The Hall–Kier alpha value is -3.68. The van der Waals surface area contributed by atoms with E-state index in [9.17, 15) is 0 Å². The molecule has 3 rings (SSSR count). The lowest BCUT2D eigenvalue weighted by Gasteiger charge is -2.16. The second-order valence-electron chi connectivity index (χ2n) is 6.24. The van der Waals surface area contributed by atoms with E-state index in [1.54, 1.807) is 27.6 Å². The molecule has 8 heteroatoms. The number of benzene rings is 2. The number of aliphatic imine (C=N–C) groups is 1. The SMILES string of the molecule is CCNC(=NCc1coc(-c2ccccc2)n1)Nc1cc(OC)c(OC)c(OC)c1. The fourth-order valence-corrected chi connectivity index (χ4v) is 2.85. The average Bonchev–Trinajstić information content (AvgIpc) is 3.26. The molecule has 3 aromatic rings. The summed E-state index contributed by atoms with van der Waals surface area (Å²) in [5, 5.41) is 6.47. The highest BCUT2D eigenvalue weighted by Gasteiger charge is 2.14. The van der Waals surface area contributed by atoms with Gasteiger partial charge < -0.3 is 29.3 Å². The molecule has 0 amide bonds. The number of methoxy groups -OCH3 is 3. The normalized spacial score (nSPS) is 11.1. The molecule has 0 saturated heterocycles. The minimum atomic E-state index is 0.357. The van der Waals surface area contributed by atoms with Gasteiger partial charge in [-0.1, -0.05) is 18.2 Å². The molecule has 1 aromatic heterocycles. The van der Waals surface area contributed by atoms with Crippen molar-refractivity contribution in [3.63, 3.8) is 0 Å². The number of nitrogens with one attached hydrogen (secondary N) is 2. The first-order chi connectivity index (χ1) is 14.7. The zero-order valence-corrected chi connectivity index (χ0v) is 17.6. The van der Waals surface area contributed by atoms with Gasteiger partial charge in [-0.3, -0.25) is 0 Å². The minimum absolute atomic E-state index is 0.357. The molecule has 2 aromatic carbocycles. The maximum atomic E-state index is 5.58. The summed E-state index contributed by atoms with van der Waals surface area (Å²) < 4.78 is 21.8. The number of ether oxygens (including phenoxy) is 3. The molecule has 0 spiro atoms. The lowest BCUT2D eigenvalue weighted by Crippen LogP contribution is -2.30. The summed E-state index contributed by atoms with van der Waals surface area (Å²) in [6, 6.07) is 13.4. The second-order valence-corrected chi connectivity index (χ2v) is 6.24. The van der Waals surface area contributed by atoms with Gasteiger partial charge in [0.15, 0.2) is 17.5 Å². The Kier molecular flexibility index (Phi) is 7.15. The second kappa shape index (κ2) is 10.2. The van der Waals surface area contributed by atoms with Crippen LogP contribution in [0.4, 0.5) is 5.69 Å². The van der Waals surface area contributed by atoms with Gasteiger partial charge in [0.1, 0.15) is 12.0 Å². The summed E-state index contributed by atoms with van der Waals surface area (Å²) in [5.74, 6) is 2.81. The van der Waals surface area contributed by atoms with Crippen LogP contribution in [0.2, 0.25) is 0 Å². The standard InChI is InChI=1S/C22H26N4O4/c1-5-23-22(26-16-11-18(27-2)20(29-4)19(12-16)28-3)24-13-17-14-30-21(25-17)15-9-7-6-8-10-15/h6-12,14H,5,13H2,1-4H3,(H2,23,24,26). The summed E-state index contributed by atoms with van der Waals surface area (Å²) in [6.07, 6.45) is 1.62. The first-order valence-electron chi connectivity index (χ1n) is 9.53. The first-order valence-corrected chi connectivity index (χ1v) is 9.53. The molecule has 0 atom stereocenters. The van der Waals surface area contributed by atoms with Crippen LogP contribution in [0.5, 0.6) is 17.2 Å². The van der Waals surface area contributed by atoms with Crippen molar-refractivity contribution in [2.24, 2.45) is 4.99 Å². The molecule has 30 heavy (non-hydrogen) atoms. The molecule has 0 aliphatic carbocycles. The van der Waals surface area contributed by atoms with Gasteiger partial charge in [-0.05, 0) is 19.1 Å². The predicted molar refractivity (Wildman–Crippen MR) is 116 cm³/mol. The van der Waals surface area contributed by atoms with E-state index < -0.39 is 0 Å². The van der Waals surface area contributed by atoms with Crippen LogP contribution in [0.3, 0.4) is 0 Å². The molecule has 8 nitrogen and oxygen atoms in total. The third kappa shape index (κ3) is 5.02. The van der Waals surface area contributed by atoms with E-state index >= 15 is 0 Å². The summed E-state index contributed by atoms with van der Waals surface area (Å²) in [7, 11) is 4.73. The van der Waals surface area contributed by atoms with E-state index in [4.69, 9.17) is 18.6 Å². The minimum Gasteiger partial charge on any atom is -0.493 e. The zero-order chi connectivity index (χ0) is 21.3. The van der Waals surface area contributed by atoms with Crippen molar-refractivity contribution in [3.8, 4) is 28.7 Å². The van der Waals surface area contributed by atoms with Crippen LogP contribution in [0.15, 0.2) is 58.1 Å². The molecule has 0 radical (unpaired) electrons. The van der Waals surface area contributed by atoms with Gasteiger partial charge in [0.25, 0.3) is 0 Å². The molecule has 0 aliphatic heterocycles. The summed E-state index contributed by atoms with van der Waals surface area (Å²) in [6.45, 7) is 3.05. The van der Waals surface area contributed by atoms with Gasteiger partial charge in [0, 0.05) is 29.9 Å². The number of aromatic nitrogens is 1. The van der Waals surface area contributed by atoms with Crippen molar-refractivity contribution in [3.05, 3.63) is 54.4 Å². The van der Waals surface area contributed by atoms with E-state index in [0.29, 0.717) is 42.2 Å². The Morgan fingerprint density at radius 2 is 1.73 bits per heavy atom. The Balaban J connectivity index is 1.78. The van der Waals surface area contributed by atoms with Crippen molar-refractivity contribution in [1.82, 2.24) is 10.3 Å². The van der Waals surface area contributed by atoms with Crippen LogP contribution in [-0.2, 0) is 6.54 Å². The number of rotatable bonds is 8. The maximum Gasteiger partial charge on any atom is 0.226 e. The molecule has 0 fully saturated rings. The van der Waals surface area contributed by atoms with Gasteiger partial charge >= 0.3 is 0 Å². The molecule has 1 heterocycles. The number of oxazole rings is 1. The van der Waals surface area contributed by atoms with Crippen LogP contribution in [0.1, 0.15) is 12.6 Å². The van der Waals surface area contributed by atoms with E-state index in [2.05, 4.69) is 20.6 Å². The van der Waals surface area contributed by atoms with Crippen molar-refractivity contribution in [2.75, 3.05) is 33.2 Å². The highest BCUT2D eigenvalue weighted by atomic mass is 16.5. The number of guanidine groups is 1. The Labute approximate surface area is 175 Å². The summed E-state index contributed by atoms with van der Waals surface area (Å²) in [5.41, 5.74) is 2.40. The van der Waals surface area contributed by atoms with Crippen LogP contribution in [0.25, 0.3) is 11.5 Å². The van der Waals surface area contributed by atoms with Gasteiger partial charge in [0.05, 0.1) is 27.9 Å².